The van der Waals surface area contributed by atoms with Crippen molar-refractivity contribution < 1.29 is 0 Å². The fourth-order valence-corrected chi connectivity index (χ4v) is 1.24. The molecule has 0 saturated carbocycles. The minimum Gasteiger partial charge on any atom is -0.365 e. The molecule has 0 unspecified atom stereocenters. The molecule has 14 heavy (non-hydrogen) atoms. The number of anilines is 1. The van der Waals surface area contributed by atoms with Crippen molar-refractivity contribution in [3.05, 3.63) is 12.0 Å². The van der Waals surface area contributed by atoms with Crippen molar-refractivity contribution in [3.8, 4) is 6.07 Å². The highest BCUT2D eigenvalue weighted by atomic mass is 15.1. The molecule has 0 fully saturated rings. The number of nitrogens with one attached hydrogen (secondary N) is 1. The van der Waals surface area contributed by atoms with E-state index < -0.39 is 0 Å². The van der Waals surface area contributed by atoms with Gasteiger partial charge in [0.25, 0.3) is 0 Å². The second-order valence-corrected chi connectivity index (χ2v) is 3.85. The van der Waals surface area contributed by atoms with Gasteiger partial charge in [-0.2, -0.15) is 5.26 Å². The Balaban J connectivity index is 3.03. The van der Waals surface area contributed by atoms with Gasteiger partial charge in [0.2, 0.25) is 0 Å². The number of imidazole rings is 1. The summed E-state index contributed by atoms with van der Waals surface area (Å²) in [6, 6.07) is 2.72. The van der Waals surface area contributed by atoms with Gasteiger partial charge in [0.05, 0.1) is 6.33 Å². The molecule has 0 radical (unpaired) electrons. The Labute approximate surface area is 84.6 Å². The van der Waals surface area contributed by atoms with Crippen LogP contribution in [0.1, 0.15) is 39.4 Å². The van der Waals surface area contributed by atoms with Crippen LogP contribution in [0.25, 0.3) is 0 Å². The molecule has 0 bridgehead atoms. The quantitative estimate of drug-likeness (QED) is 0.798. The van der Waals surface area contributed by atoms with Gasteiger partial charge in [-0.15, -0.1) is 0 Å². The Kier molecular flexibility index (Phi) is 3.13. The Morgan fingerprint density at radius 2 is 2.07 bits per heavy atom. The zero-order valence-corrected chi connectivity index (χ0v) is 9.07. The lowest BCUT2D eigenvalue weighted by atomic mass is 10.3. The molecule has 0 saturated heterocycles. The lowest BCUT2D eigenvalue weighted by Crippen LogP contribution is -2.12. The van der Waals surface area contributed by atoms with Crippen molar-refractivity contribution in [1.82, 2.24) is 9.55 Å². The molecule has 0 aromatic carbocycles. The van der Waals surface area contributed by atoms with E-state index in [4.69, 9.17) is 5.26 Å². The third-order valence-electron chi connectivity index (χ3n) is 1.88. The lowest BCUT2D eigenvalue weighted by Gasteiger charge is -2.09. The summed E-state index contributed by atoms with van der Waals surface area (Å²) >= 11 is 0. The molecule has 1 heterocycles. The van der Waals surface area contributed by atoms with Crippen LogP contribution in [-0.2, 0) is 0 Å². The molecule has 0 aliphatic rings. The van der Waals surface area contributed by atoms with Gasteiger partial charge in [0, 0.05) is 12.1 Å². The van der Waals surface area contributed by atoms with Crippen molar-refractivity contribution >= 4 is 5.82 Å². The molecule has 0 aliphatic heterocycles. The number of nitriles is 1. The summed E-state index contributed by atoms with van der Waals surface area (Å²) in [7, 11) is 0. The van der Waals surface area contributed by atoms with E-state index in [0.29, 0.717) is 11.5 Å². The molecule has 4 nitrogen and oxygen atoms in total. The summed E-state index contributed by atoms with van der Waals surface area (Å²) < 4.78 is 1.87. The van der Waals surface area contributed by atoms with Crippen LogP contribution in [0.4, 0.5) is 5.82 Å². The van der Waals surface area contributed by atoms with E-state index in [1.165, 1.54) is 0 Å². The van der Waals surface area contributed by atoms with E-state index in [0.717, 1.165) is 0 Å². The van der Waals surface area contributed by atoms with Gasteiger partial charge in [-0.1, -0.05) is 0 Å². The molecule has 1 N–H and O–H groups in total. The van der Waals surface area contributed by atoms with Crippen molar-refractivity contribution in [2.45, 2.75) is 39.8 Å². The van der Waals surface area contributed by atoms with Crippen molar-refractivity contribution in [3.63, 3.8) is 0 Å². The van der Waals surface area contributed by atoms with Crippen LogP contribution in [-0.4, -0.2) is 15.6 Å². The maximum absolute atomic E-state index is 9.00. The summed E-state index contributed by atoms with van der Waals surface area (Å²) in [5, 5.41) is 12.1. The molecular weight excluding hydrogens is 176 g/mol. The number of hydrogen-bond acceptors (Lipinski definition) is 3. The molecule has 1 aromatic heterocycles. The summed E-state index contributed by atoms with van der Waals surface area (Å²) in [6.07, 6.45) is 1.70. The number of nitrogens with zero attached hydrogens (tertiary/aromatic N) is 3. The monoisotopic (exact) mass is 192 g/mol. The van der Waals surface area contributed by atoms with Gasteiger partial charge in [-0.3, -0.25) is 0 Å². The highest BCUT2D eigenvalue weighted by Gasteiger charge is 2.12. The minimum atomic E-state index is 0.264. The van der Waals surface area contributed by atoms with Crippen molar-refractivity contribution in [1.29, 1.82) is 5.26 Å². The lowest BCUT2D eigenvalue weighted by molar-refractivity contribution is 0.594. The van der Waals surface area contributed by atoms with Gasteiger partial charge in [-0.25, -0.2) is 4.98 Å². The Morgan fingerprint density at radius 1 is 1.43 bits per heavy atom. The zero-order valence-electron chi connectivity index (χ0n) is 9.07. The highest BCUT2D eigenvalue weighted by Crippen LogP contribution is 2.17. The van der Waals surface area contributed by atoms with Gasteiger partial charge < -0.3 is 9.88 Å². The average molecular weight is 192 g/mol. The van der Waals surface area contributed by atoms with Crippen molar-refractivity contribution in [2.75, 3.05) is 5.32 Å². The second-order valence-electron chi connectivity index (χ2n) is 3.85. The number of hydrogen-bond donors (Lipinski definition) is 1. The van der Waals surface area contributed by atoms with Crippen LogP contribution in [0.15, 0.2) is 6.33 Å². The first-order valence-electron chi connectivity index (χ1n) is 4.79. The first-order valence-corrected chi connectivity index (χ1v) is 4.79. The second kappa shape index (κ2) is 4.14. The van der Waals surface area contributed by atoms with E-state index in [1.807, 2.05) is 32.3 Å². The Morgan fingerprint density at radius 3 is 2.50 bits per heavy atom. The normalized spacial score (nSPS) is 10.6. The number of rotatable bonds is 3. The summed E-state index contributed by atoms with van der Waals surface area (Å²) in [4.78, 5) is 4.18. The van der Waals surface area contributed by atoms with E-state index in [-0.39, 0.29) is 12.1 Å². The summed E-state index contributed by atoms with van der Waals surface area (Å²) in [5.41, 5.74) is 0.605. The summed E-state index contributed by atoms with van der Waals surface area (Å²) in [5.74, 6) is 0.677. The Hall–Kier alpha value is -1.50. The van der Waals surface area contributed by atoms with E-state index in [1.54, 1.807) is 6.33 Å². The third-order valence-corrected chi connectivity index (χ3v) is 1.88. The average Bonchev–Trinajstić information content (AvgIpc) is 2.46. The van der Waals surface area contributed by atoms with E-state index >= 15 is 0 Å². The molecule has 1 aromatic rings. The number of aromatic nitrogens is 2. The molecule has 0 amide bonds. The van der Waals surface area contributed by atoms with Crippen LogP contribution in [0.3, 0.4) is 0 Å². The molecular formula is C10H16N4. The predicted octanol–water partition coefficient (Wildman–Crippen LogP) is 2.16. The van der Waals surface area contributed by atoms with Gasteiger partial charge in [0.1, 0.15) is 6.07 Å². The predicted molar refractivity (Wildman–Crippen MR) is 56.1 cm³/mol. The zero-order chi connectivity index (χ0) is 10.7. The maximum atomic E-state index is 9.00. The highest BCUT2D eigenvalue weighted by molar-refractivity contribution is 5.49. The van der Waals surface area contributed by atoms with Crippen LogP contribution < -0.4 is 5.32 Å². The SMILES string of the molecule is CC(C)Nc1ncn(C(C)C)c1C#N. The first kappa shape index (κ1) is 10.6. The molecule has 1 rings (SSSR count). The third kappa shape index (κ3) is 2.05. The van der Waals surface area contributed by atoms with Crippen LogP contribution >= 0.6 is 0 Å². The van der Waals surface area contributed by atoms with Gasteiger partial charge >= 0.3 is 0 Å². The fraction of sp³-hybridized carbons (Fsp3) is 0.600. The first-order chi connectivity index (χ1) is 6.56. The molecule has 76 valence electrons. The standard InChI is InChI=1S/C10H16N4/c1-7(2)13-10-9(5-11)14(6-12-10)8(3)4/h6-8,13H,1-4H3. The largest absolute Gasteiger partial charge is 0.365 e. The van der Waals surface area contributed by atoms with E-state index in [2.05, 4.69) is 16.4 Å². The van der Waals surface area contributed by atoms with Crippen molar-refractivity contribution in [2.24, 2.45) is 0 Å². The smallest absolute Gasteiger partial charge is 0.164 e. The van der Waals surface area contributed by atoms with Crippen LogP contribution in [0.2, 0.25) is 0 Å². The molecule has 0 atom stereocenters. The Bertz CT molecular complexity index is 343. The fourth-order valence-electron chi connectivity index (χ4n) is 1.24. The van der Waals surface area contributed by atoms with Gasteiger partial charge in [0.15, 0.2) is 11.5 Å². The van der Waals surface area contributed by atoms with Gasteiger partial charge in [-0.05, 0) is 27.7 Å². The van der Waals surface area contributed by atoms with E-state index in [9.17, 15) is 0 Å². The summed E-state index contributed by atoms with van der Waals surface area (Å²) in [6.45, 7) is 8.11. The van der Waals surface area contributed by atoms with Crippen LogP contribution in [0.5, 0.6) is 0 Å². The molecule has 4 heteroatoms. The molecule has 0 aliphatic carbocycles. The maximum Gasteiger partial charge on any atom is 0.164 e. The molecule has 0 spiro atoms. The minimum absolute atomic E-state index is 0.264. The topological polar surface area (TPSA) is 53.6 Å². The van der Waals surface area contributed by atoms with Crippen LogP contribution in [0, 0.1) is 11.3 Å².